The fraction of sp³-hybridized carbons (Fsp3) is 0.556. The molecular weight excluding hydrogens is 216 g/mol. The summed E-state index contributed by atoms with van der Waals surface area (Å²) in [5.41, 5.74) is 0. The first-order valence-electron chi connectivity index (χ1n) is 4.88. The zero-order valence-corrected chi connectivity index (χ0v) is 9.00. The molecule has 15 heavy (non-hydrogen) atoms. The third-order valence-corrected chi connectivity index (χ3v) is 2.30. The van der Waals surface area contributed by atoms with Crippen LogP contribution in [-0.4, -0.2) is 42.3 Å². The van der Waals surface area contributed by atoms with Crippen LogP contribution in [0.4, 0.5) is 5.82 Å². The monoisotopic (exact) mass is 228 g/mol. The Morgan fingerprint density at radius 3 is 3.27 bits per heavy atom. The summed E-state index contributed by atoms with van der Waals surface area (Å²) in [5.74, 6) is 0.677. The maximum absolute atomic E-state index is 5.71. The number of hydrogen-bond donors (Lipinski definition) is 2. The van der Waals surface area contributed by atoms with Crippen molar-refractivity contribution in [3.63, 3.8) is 0 Å². The molecule has 0 aromatic carbocycles. The van der Waals surface area contributed by atoms with Gasteiger partial charge >= 0.3 is 0 Å². The lowest BCUT2D eigenvalue weighted by molar-refractivity contribution is 0.0372. The van der Waals surface area contributed by atoms with Crippen molar-refractivity contribution in [2.24, 2.45) is 0 Å². The fourth-order valence-electron chi connectivity index (χ4n) is 1.40. The van der Waals surface area contributed by atoms with Gasteiger partial charge in [0.1, 0.15) is 11.0 Å². The lowest BCUT2D eigenvalue weighted by Gasteiger charge is -2.23. The Hall–Kier alpha value is -0.910. The third kappa shape index (κ3) is 3.30. The first-order valence-corrected chi connectivity index (χ1v) is 5.26. The minimum absolute atomic E-state index is 0.180. The molecule has 0 spiro atoms. The van der Waals surface area contributed by atoms with E-state index in [1.54, 1.807) is 6.20 Å². The molecule has 6 heteroatoms. The summed E-state index contributed by atoms with van der Waals surface area (Å²) in [4.78, 5) is 8.01. The first kappa shape index (κ1) is 10.6. The second-order valence-corrected chi connectivity index (χ2v) is 3.69. The largest absolute Gasteiger partial charge is 0.374 e. The van der Waals surface area contributed by atoms with Crippen LogP contribution in [0.5, 0.6) is 0 Å². The molecule has 2 rings (SSSR count). The lowest BCUT2D eigenvalue weighted by atomic mass is 10.3. The SMILES string of the molecule is Clc1cncc(NCC2CNCCO2)n1. The number of anilines is 1. The summed E-state index contributed by atoms with van der Waals surface area (Å²) >= 11 is 5.71. The summed E-state index contributed by atoms with van der Waals surface area (Å²) in [6.07, 6.45) is 3.33. The Bertz CT molecular complexity index is 317. The summed E-state index contributed by atoms with van der Waals surface area (Å²) in [7, 11) is 0. The zero-order valence-electron chi connectivity index (χ0n) is 8.24. The molecule has 1 aliphatic heterocycles. The molecule has 2 heterocycles. The second-order valence-electron chi connectivity index (χ2n) is 3.30. The number of nitrogens with one attached hydrogen (secondary N) is 2. The van der Waals surface area contributed by atoms with E-state index in [0.29, 0.717) is 17.5 Å². The highest BCUT2D eigenvalue weighted by molar-refractivity contribution is 6.29. The third-order valence-electron chi connectivity index (χ3n) is 2.12. The van der Waals surface area contributed by atoms with Gasteiger partial charge in [0.25, 0.3) is 0 Å². The van der Waals surface area contributed by atoms with Gasteiger partial charge in [-0.15, -0.1) is 0 Å². The summed E-state index contributed by atoms with van der Waals surface area (Å²) in [5, 5.41) is 6.78. The van der Waals surface area contributed by atoms with E-state index in [1.165, 1.54) is 6.20 Å². The highest BCUT2D eigenvalue weighted by Crippen LogP contribution is 2.07. The molecule has 1 saturated heterocycles. The van der Waals surface area contributed by atoms with Crippen LogP contribution in [0.15, 0.2) is 12.4 Å². The molecule has 1 aliphatic rings. The van der Waals surface area contributed by atoms with Crippen molar-refractivity contribution in [2.75, 3.05) is 31.6 Å². The minimum atomic E-state index is 0.180. The van der Waals surface area contributed by atoms with Gasteiger partial charge in [-0.2, -0.15) is 0 Å². The highest BCUT2D eigenvalue weighted by Gasteiger charge is 2.12. The van der Waals surface area contributed by atoms with E-state index in [0.717, 1.165) is 19.7 Å². The van der Waals surface area contributed by atoms with Gasteiger partial charge in [0.05, 0.1) is 25.1 Å². The average molecular weight is 229 g/mol. The van der Waals surface area contributed by atoms with Gasteiger partial charge in [0.2, 0.25) is 0 Å². The van der Waals surface area contributed by atoms with Crippen molar-refractivity contribution in [1.29, 1.82) is 0 Å². The Balaban J connectivity index is 1.81. The number of aromatic nitrogens is 2. The summed E-state index contributed by atoms with van der Waals surface area (Å²) < 4.78 is 5.52. The normalized spacial score (nSPS) is 21.3. The minimum Gasteiger partial charge on any atom is -0.374 e. The molecule has 1 aromatic heterocycles. The second kappa shape index (κ2) is 5.25. The first-order chi connectivity index (χ1) is 7.34. The molecule has 1 unspecified atom stereocenters. The average Bonchev–Trinajstić information content (AvgIpc) is 2.28. The molecular formula is C9H13ClN4O. The van der Waals surface area contributed by atoms with Crippen molar-refractivity contribution in [3.8, 4) is 0 Å². The molecule has 0 radical (unpaired) electrons. The quantitative estimate of drug-likeness (QED) is 0.791. The van der Waals surface area contributed by atoms with Crippen LogP contribution >= 0.6 is 11.6 Å². The van der Waals surface area contributed by atoms with Crippen LogP contribution in [0.3, 0.4) is 0 Å². The van der Waals surface area contributed by atoms with Crippen molar-refractivity contribution in [1.82, 2.24) is 15.3 Å². The molecule has 0 saturated carbocycles. The van der Waals surface area contributed by atoms with E-state index in [4.69, 9.17) is 16.3 Å². The summed E-state index contributed by atoms with van der Waals surface area (Å²) in [6.45, 7) is 3.25. The van der Waals surface area contributed by atoms with Gasteiger partial charge in [0, 0.05) is 19.6 Å². The van der Waals surface area contributed by atoms with E-state index in [2.05, 4.69) is 20.6 Å². The van der Waals surface area contributed by atoms with E-state index >= 15 is 0 Å². The van der Waals surface area contributed by atoms with Gasteiger partial charge in [-0.3, -0.25) is 4.98 Å². The van der Waals surface area contributed by atoms with Crippen molar-refractivity contribution in [3.05, 3.63) is 17.5 Å². The predicted octanol–water partition coefficient (Wildman–Crippen LogP) is 0.530. The van der Waals surface area contributed by atoms with E-state index in [1.807, 2.05) is 0 Å². The zero-order chi connectivity index (χ0) is 10.5. The molecule has 0 aliphatic carbocycles. The number of ether oxygens (including phenoxy) is 1. The van der Waals surface area contributed by atoms with Crippen LogP contribution < -0.4 is 10.6 Å². The molecule has 1 fully saturated rings. The van der Waals surface area contributed by atoms with Crippen LogP contribution in [0, 0.1) is 0 Å². The molecule has 2 N–H and O–H groups in total. The van der Waals surface area contributed by atoms with E-state index < -0.39 is 0 Å². The molecule has 1 atom stereocenters. The van der Waals surface area contributed by atoms with Crippen molar-refractivity contribution >= 4 is 17.4 Å². The Kier molecular flexibility index (Phi) is 3.71. The van der Waals surface area contributed by atoms with Crippen molar-refractivity contribution < 1.29 is 4.74 Å². The van der Waals surface area contributed by atoms with E-state index in [-0.39, 0.29) is 6.10 Å². The van der Waals surface area contributed by atoms with Crippen LogP contribution in [0.2, 0.25) is 5.15 Å². The highest BCUT2D eigenvalue weighted by atomic mass is 35.5. The van der Waals surface area contributed by atoms with Crippen LogP contribution in [-0.2, 0) is 4.74 Å². The number of morpholine rings is 1. The maximum Gasteiger partial charge on any atom is 0.149 e. The van der Waals surface area contributed by atoms with E-state index in [9.17, 15) is 0 Å². The molecule has 82 valence electrons. The van der Waals surface area contributed by atoms with Gasteiger partial charge in [-0.25, -0.2) is 4.98 Å². The summed E-state index contributed by atoms with van der Waals surface area (Å²) in [6, 6.07) is 0. The Labute approximate surface area is 93.2 Å². The number of hydrogen-bond acceptors (Lipinski definition) is 5. The van der Waals surface area contributed by atoms with Crippen molar-refractivity contribution in [2.45, 2.75) is 6.10 Å². The topological polar surface area (TPSA) is 59.1 Å². The predicted molar refractivity (Wildman–Crippen MR) is 58.1 cm³/mol. The van der Waals surface area contributed by atoms with Gasteiger partial charge in [0.15, 0.2) is 0 Å². The smallest absolute Gasteiger partial charge is 0.149 e. The van der Waals surface area contributed by atoms with Crippen LogP contribution in [0.1, 0.15) is 0 Å². The van der Waals surface area contributed by atoms with Gasteiger partial charge in [-0.1, -0.05) is 11.6 Å². The Morgan fingerprint density at radius 1 is 1.60 bits per heavy atom. The standard InChI is InChI=1S/C9H13ClN4O/c10-8-5-12-6-9(14-8)13-4-7-3-11-1-2-15-7/h5-7,11H,1-4H2,(H,13,14). The molecule has 0 bridgehead atoms. The number of rotatable bonds is 3. The van der Waals surface area contributed by atoms with Gasteiger partial charge in [-0.05, 0) is 0 Å². The van der Waals surface area contributed by atoms with Gasteiger partial charge < -0.3 is 15.4 Å². The fourth-order valence-corrected chi connectivity index (χ4v) is 1.54. The number of nitrogens with zero attached hydrogens (tertiary/aromatic N) is 2. The Morgan fingerprint density at radius 2 is 2.53 bits per heavy atom. The maximum atomic E-state index is 5.71. The molecule has 5 nitrogen and oxygen atoms in total. The molecule has 0 amide bonds. The van der Waals surface area contributed by atoms with Crippen LogP contribution in [0.25, 0.3) is 0 Å². The number of halogens is 1. The lowest BCUT2D eigenvalue weighted by Crippen LogP contribution is -2.42. The molecule has 1 aromatic rings.